The van der Waals surface area contributed by atoms with Gasteiger partial charge in [0, 0.05) is 37.2 Å². The summed E-state index contributed by atoms with van der Waals surface area (Å²) >= 11 is 6.12. The van der Waals surface area contributed by atoms with Crippen molar-refractivity contribution < 1.29 is 22.8 Å². The molecule has 1 aromatic carbocycles. The van der Waals surface area contributed by atoms with E-state index in [1.807, 2.05) is 0 Å². The molecule has 0 bridgehead atoms. The van der Waals surface area contributed by atoms with Crippen LogP contribution in [-0.2, 0) is 24.6 Å². The number of carbonyl (C=O) groups is 2. The number of fused-ring (bicyclic) bond motifs is 3. The van der Waals surface area contributed by atoms with E-state index in [1.54, 1.807) is 36.1 Å². The molecule has 192 valence electrons. The number of amides is 2. The third-order valence-corrected chi connectivity index (χ3v) is 6.67. The highest BCUT2D eigenvalue weighted by molar-refractivity contribution is 6.31. The number of nitrogens with zero attached hydrogens (tertiary/aromatic N) is 6. The molecular weight excluding hydrogens is 511 g/mol. The molecular formula is C24H21ClF3N7O2. The van der Waals surface area contributed by atoms with E-state index in [-0.39, 0.29) is 34.6 Å². The van der Waals surface area contributed by atoms with Crippen LogP contribution in [0, 0.1) is 5.92 Å². The predicted octanol–water partition coefficient (Wildman–Crippen LogP) is 4.20. The summed E-state index contributed by atoms with van der Waals surface area (Å²) in [7, 11) is 3.18. The number of aryl methyl sites for hydroxylation is 1. The lowest BCUT2D eigenvalue weighted by molar-refractivity contribution is -0.144. The predicted molar refractivity (Wildman–Crippen MR) is 130 cm³/mol. The zero-order chi connectivity index (χ0) is 26.6. The maximum atomic E-state index is 13.8. The minimum Gasteiger partial charge on any atom is -0.383 e. The van der Waals surface area contributed by atoms with Crippen molar-refractivity contribution in [3.63, 3.8) is 0 Å². The Morgan fingerprint density at radius 1 is 1.19 bits per heavy atom. The van der Waals surface area contributed by atoms with Gasteiger partial charge in [0.15, 0.2) is 0 Å². The van der Waals surface area contributed by atoms with Crippen LogP contribution in [0.5, 0.6) is 0 Å². The minimum atomic E-state index is -4.62. The van der Waals surface area contributed by atoms with Crippen molar-refractivity contribution in [2.45, 2.75) is 25.6 Å². The van der Waals surface area contributed by atoms with Crippen molar-refractivity contribution in [2.75, 3.05) is 12.8 Å². The summed E-state index contributed by atoms with van der Waals surface area (Å²) in [6.07, 6.45) is -0.989. The third kappa shape index (κ3) is 4.52. The number of nitrogen functional groups attached to an aromatic ring is 1. The van der Waals surface area contributed by atoms with Crippen molar-refractivity contribution in [1.29, 1.82) is 0 Å². The first-order chi connectivity index (χ1) is 17.5. The van der Waals surface area contributed by atoms with E-state index < -0.39 is 17.6 Å². The fourth-order valence-corrected chi connectivity index (χ4v) is 4.37. The molecule has 9 nitrogen and oxygen atoms in total. The fraction of sp³-hybridized carbons (Fsp3) is 0.292. The number of hydrazine groups is 1. The van der Waals surface area contributed by atoms with Gasteiger partial charge < -0.3 is 5.73 Å². The minimum absolute atomic E-state index is 0.0164. The Hall–Kier alpha value is -3.93. The largest absolute Gasteiger partial charge is 0.417 e. The van der Waals surface area contributed by atoms with Gasteiger partial charge in [0.2, 0.25) is 5.91 Å². The Balaban J connectivity index is 1.56. The van der Waals surface area contributed by atoms with Crippen molar-refractivity contribution in [3.05, 3.63) is 58.5 Å². The molecule has 0 radical (unpaired) electrons. The van der Waals surface area contributed by atoms with Crippen LogP contribution in [0.3, 0.4) is 0 Å². The number of benzene rings is 1. The Bertz CT molecular complexity index is 1570. The zero-order valence-corrected chi connectivity index (χ0v) is 20.5. The maximum absolute atomic E-state index is 13.8. The van der Waals surface area contributed by atoms with E-state index in [2.05, 4.69) is 15.1 Å². The average Bonchev–Trinajstić information content (AvgIpc) is 3.63. The van der Waals surface area contributed by atoms with Crippen LogP contribution < -0.4 is 5.73 Å². The van der Waals surface area contributed by atoms with Gasteiger partial charge in [0.05, 0.1) is 45.4 Å². The van der Waals surface area contributed by atoms with Gasteiger partial charge in [0.25, 0.3) is 5.91 Å². The molecule has 0 aliphatic heterocycles. The van der Waals surface area contributed by atoms with E-state index in [9.17, 15) is 22.8 Å². The van der Waals surface area contributed by atoms with Crippen molar-refractivity contribution in [2.24, 2.45) is 13.0 Å². The van der Waals surface area contributed by atoms with Gasteiger partial charge in [-0.15, -0.1) is 0 Å². The maximum Gasteiger partial charge on any atom is 0.417 e. The van der Waals surface area contributed by atoms with Crippen LogP contribution in [0.1, 0.15) is 34.5 Å². The highest BCUT2D eigenvalue weighted by Gasteiger charge is 2.37. The monoisotopic (exact) mass is 531 g/mol. The summed E-state index contributed by atoms with van der Waals surface area (Å²) in [6, 6.07) is 5.55. The number of hydrogen-bond acceptors (Lipinski definition) is 6. The molecule has 3 heterocycles. The molecule has 0 unspecified atom stereocenters. The van der Waals surface area contributed by atoms with Gasteiger partial charge in [0.1, 0.15) is 5.82 Å². The summed E-state index contributed by atoms with van der Waals surface area (Å²) < 4.78 is 40.8. The standard InChI is InChI=1S/C24H21ClF3N7O2/c1-33-20-15-7-13(5-6-18(15)32-21(29)16(20)10-31-33)23(37)35(34(2)22(36)12-3-4-12)11-19-17(25)8-14(9-30-19)24(26,27)28/h5-10,12H,3-4,11H2,1-2H3,(H2,29,32). The van der Waals surface area contributed by atoms with Crippen LogP contribution in [0.4, 0.5) is 19.0 Å². The SMILES string of the molecule is CN(C(=O)C1CC1)N(Cc1ncc(C(F)(F)F)cc1Cl)C(=O)c1ccc2nc(N)c3cnn(C)c3c2c1. The number of aromatic nitrogens is 4. The van der Waals surface area contributed by atoms with Gasteiger partial charge in [-0.05, 0) is 37.1 Å². The normalized spacial score (nSPS) is 13.8. The molecule has 1 saturated carbocycles. The van der Waals surface area contributed by atoms with E-state index in [0.717, 1.165) is 11.1 Å². The quantitative estimate of drug-likeness (QED) is 0.395. The Morgan fingerprint density at radius 3 is 2.57 bits per heavy atom. The lowest BCUT2D eigenvalue weighted by Crippen LogP contribution is -2.47. The molecule has 4 aromatic rings. The topological polar surface area (TPSA) is 110 Å². The van der Waals surface area contributed by atoms with E-state index >= 15 is 0 Å². The fourth-order valence-electron chi connectivity index (χ4n) is 4.15. The molecule has 0 spiro atoms. The molecule has 1 fully saturated rings. The third-order valence-electron chi connectivity index (χ3n) is 6.34. The number of rotatable bonds is 4. The molecule has 13 heteroatoms. The lowest BCUT2D eigenvalue weighted by atomic mass is 10.1. The highest BCUT2D eigenvalue weighted by atomic mass is 35.5. The molecule has 2 amide bonds. The van der Waals surface area contributed by atoms with Crippen LogP contribution in [0.2, 0.25) is 5.02 Å². The summed E-state index contributed by atoms with van der Waals surface area (Å²) in [5.41, 5.74) is 6.51. The zero-order valence-electron chi connectivity index (χ0n) is 19.8. The second-order valence-electron chi connectivity index (χ2n) is 8.91. The molecule has 5 rings (SSSR count). The first kappa shape index (κ1) is 24.8. The Kier molecular flexibility index (Phi) is 5.94. The van der Waals surface area contributed by atoms with Crippen LogP contribution >= 0.6 is 11.6 Å². The highest BCUT2D eigenvalue weighted by Crippen LogP contribution is 2.34. The molecule has 2 N–H and O–H groups in total. The van der Waals surface area contributed by atoms with Crippen molar-refractivity contribution >= 4 is 51.0 Å². The number of nitrogens with two attached hydrogens (primary N) is 1. The molecule has 1 aliphatic carbocycles. The summed E-state index contributed by atoms with van der Waals surface area (Å²) in [5.74, 6) is -0.757. The second-order valence-corrected chi connectivity index (χ2v) is 9.32. The summed E-state index contributed by atoms with van der Waals surface area (Å²) in [6.45, 7) is -0.316. The van der Waals surface area contributed by atoms with Gasteiger partial charge in [-0.2, -0.15) is 18.3 Å². The van der Waals surface area contributed by atoms with E-state index in [4.69, 9.17) is 17.3 Å². The number of hydrogen-bond donors (Lipinski definition) is 1. The molecule has 0 atom stereocenters. The van der Waals surface area contributed by atoms with Crippen LogP contribution in [-0.4, -0.2) is 48.6 Å². The second kappa shape index (κ2) is 8.87. The number of alkyl halides is 3. The average molecular weight is 532 g/mol. The summed E-state index contributed by atoms with van der Waals surface area (Å²) in [4.78, 5) is 34.9. The molecule has 3 aromatic heterocycles. The first-order valence-electron chi connectivity index (χ1n) is 11.3. The Labute approximate surface area is 213 Å². The van der Waals surface area contributed by atoms with Crippen molar-refractivity contribution in [1.82, 2.24) is 29.8 Å². The molecule has 1 aliphatic rings. The molecule has 0 saturated heterocycles. The number of carbonyl (C=O) groups excluding carboxylic acids is 2. The van der Waals surface area contributed by atoms with Gasteiger partial charge in [-0.3, -0.25) is 24.3 Å². The first-order valence-corrected chi connectivity index (χ1v) is 11.7. The van der Waals surface area contributed by atoms with Crippen LogP contribution in [0.15, 0.2) is 36.7 Å². The number of halogens is 4. The van der Waals surface area contributed by atoms with Gasteiger partial charge in [-0.1, -0.05) is 11.6 Å². The Morgan fingerprint density at radius 2 is 1.92 bits per heavy atom. The van der Waals surface area contributed by atoms with Crippen LogP contribution in [0.25, 0.3) is 21.8 Å². The van der Waals surface area contributed by atoms with E-state index in [0.29, 0.717) is 46.7 Å². The van der Waals surface area contributed by atoms with E-state index in [1.165, 1.54) is 12.1 Å². The summed E-state index contributed by atoms with van der Waals surface area (Å²) in [5, 5.41) is 7.52. The lowest BCUT2D eigenvalue weighted by Gasteiger charge is -2.32. The van der Waals surface area contributed by atoms with Gasteiger partial charge in [-0.25, -0.2) is 9.99 Å². The number of pyridine rings is 2. The van der Waals surface area contributed by atoms with Crippen molar-refractivity contribution in [3.8, 4) is 0 Å². The van der Waals surface area contributed by atoms with Gasteiger partial charge >= 0.3 is 6.18 Å². The number of anilines is 1. The molecule has 37 heavy (non-hydrogen) atoms. The smallest absolute Gasteiger partial charge is 0.383 e.